The van der Waals surface area contributed by atoms with Crippen molar-refractivity contribution in [1.29, 1.82) is 0 Å². The number of methoxy groups -OCH3 is 2. The molecule has 0 aliphatic carbocycles. The van der Waals surface area contributed by atoms with Crippen LogP contribution in [0.5, 0.6) is 5.75 Å². The number of amides is 1. The number of halogens is 2. The Hall–Kier alpha value is -1.93. The third-order valence-electron chi connectivity index (χ3n) is 4.28. The van der Waals surface area contributed by atoms with Crippen molar-refractivity contribution in [2.45, 2.75) is 18.6 Å². The zero-order valence-electron chi connectivity index (χ0n) is 16.3. The van der Waals surface area contributed by atoms with E-state index in [9.17, 15) is 4.79 Å². The van der Waals surface area contributed by atoms with E-state index < -0.39 is 0 Å². The number of carbonyl (C=O) groups excluding carboxylic acids is 1. The zero-order valence-corrected chi connectivity index (χ0v) is 18.6. The summed E-state index contributed by atoms with van der Waals surface area (Å²) in [7, 11) is 3.19. The van der Waals surface area contributed by atoms with E-state index in [-0.39, 0.29) is 11.7 Å². The van der Waals surface area contributed by atoms with E-state index in [1.807, 2.05) is 29.7 Å². The molecule has 154 valence electrons. The standard InChI is InChI=1S/C20H21Cl2N3O3S/c1-12-8-16(18(28-3)10-14(12)22)23-19(26)11-29-20-24-15-9-13(21)4-5-17(15)25(20)6-7-27-2/h4-5,8-10H,6-7,11H2,1-3H3,(H,23,26). The van der Waals surface area contributed by atoms with Gasteiger partial charge in [0.15, 0.2) is 5.16 Å². The van der Waals surface area contributed by atoms with Gasteiger partial charge in [-0.2, -0.15) is 0 Å². The van der Waals surface area contributed by atoms with Crippen molar-refractivity contribution in [3.63, 3.8) is 0 Å². The summed E-state index contributed by atoms with van der Waals surface area (Å²) in [6, 6.07) is 9.04. The lowest BCUT2D eigenvalue weighted by molar-refractivity contribution is -0.113. The van der Waals surface area contributed by atoms with Crippen molar-refractivity contribution in [1.82, 2.24) is 9.55 Å². The van der Waals surface area contributed by atoms with Gasteiger partial charge in [-0.3, -0.25) is 4.79 Å². The largest absolute Gasteiger partial charge is 0.495 e. The van der Waals surface area contributed by atoms with Gasteiger partial charge in [-0.25, -0.2) is 4.98 Å². The first kappa shape index (κ1) is 21.8. The van der Waals surface area contributed by atoms with E-state index in [4.69, 9.17) is 32.7 Å². The summed E-state index contributed by atoms with van der Waals surface area (Å²) in [6.07, 6.45) is 0. The Morgan fingerprint density at radius 2 is 2.03 bits per heavy atom. The zero-order chi connectivity index (χ0) is 21.0. The molecule has 0 saturated carbocycles. The van der Waals surface area contributed by atoms with Gasteiger partial charge < -0.3 is 19.4 Å². The van der Waals surface area contributed by atoms with Gasteiger partial charge in [0.1, 0.15) is 5.75 Å². The fourth-order valence-corrected chi connectivity index (χ4v) is 4.00. The summed E-state index contributed by atoms with van der Waals surface area (Å²) < 4.78 is 12.5. The summed E-state index contributed by atoms with van der Waals surface area (Å²) in [5.74, 6) is 0.536. The van der Waals surface area contributed by atoms with E-state index >= 15 is 0 Å². The number of hydrogen-bond acceptors (Lipinski definition) is 5. The molecule has 0 bridgehead atoms. The molecule has 0 spiro atoms. The van der Waals surface area contributed by atoms with Crippen LogP contribution in [0.1, 0.15) is 5.56 Å². The minimum absolute atomic E-state index is 0.168. The summed E-state index contributed by atoms with van der Waals surface area (Å²) in [6.45, 7) is 3.04. The van der Waals surface area contributed by atoms with Gasteiger partial charge >= 0.3 is 0 Å². The van der Waals surface area contributed by atoms with Crippen LogP contribution in [0.2, 0.25) is 10.0 Å². The van der Waals surface area contributed by atoms with Crippen LogP contribution in [0.15, 0.2) is 35.5 Å². The predicted octanol–water partition coefficient (Wildman–Crippen LogP) is 5.04. The summed E-state index contributed by atoms with van der Waals surface area (Å²) in [5.41, 5.74) is 3.17. The molecular formula is C20H21Cl2N3O3S. The van der Waals surface area contributed by atoms with Crippen LogP contribution in [0, 0.1) is 6.92 Å². The minimum atomic E-state index is -0.168. The Labute approximate surface area is 183 Å². The van der Waals surface area contributed by atoms with Crippen molar-refractivity contribution in [2.75, 3.05) is 31.9 Å². The number of benzene rings is 2. The number of anilines is 1. The maximum atomic E-state index is 12.5. The van der Waals surface area contributed by atoms with Crippen molar-refractivity contribution >= 4 is 57.6 Å². The molecule has 0 unspecified atom stereocenters. The first-order valence-electron chi connectivity index (χ1n) is 8.84. The quantitative estimate of drug-likeness (QED) is 0.484. The molecule has 1 N–H and O–H groups in total. The van der Waals surface area contributed by atoms with Crippen LogP contribution in [-0.4, -0.2) is 42.0 Å². The summed E-state index contributed by atoms with van der Waals surface area (Å²) in [4.78, 5) is 17.2. The molecule has 1 aromatic heterocycles. The third kappa shape index (κ3) is 5.17. The second-order valence-electron chi connectivity index (χ2n) is 6.31. The molecule has 0 saturated heterocycles. The molecule has 6 nitrogen and oxygen atoms in total. The van der Waals surface area contributed by atoms with Crippen LogP contribution in [-0.2, 0) is 16.1 Å². The third-order valence-corrected chi connectivity index (χ3v) is 5.90. The maximum absolute atomic E-state index is 12.5. The van der Waals surface area contributed by atoms with E-state index in [2.05, 4.69) is 10.3 Å². The van der Waals surface area contributed by atoms with Crippen molar-refractivity contribution < 1.29 is 14.3 Å². The second kappa shape index (κ2) is 9.71. The number of aromatic nitrogens is 2. The van der Waals surface area contributed by atoms with Gasteiger partial charge in [0.2, 0.25) is 5.91 Å². The molecule has 29 heavy (non-hydrogen) atoms. The molecule has 9 heteroatoms. The van der Waals surface area contributed by atoms with Crippen molar-refractivity contribution in [3.05, 3.63) is 45.9 Å². The monoisotopic (exact) mass is 453 g/mol. The number of thioether (sulfide) groups is 1. The lowest BCUT2D eigenvalue weighted by atomic mass is 10.2. The number of nitrogens with zero attached hydrogens (tertiary/aromatic N) is 2. The van der Waals surface area contributed by atoms with E-state index in [1.165, 1.54) is 18.9 Å². The smallest absolute Gasteiger partial charge is 0.234 e. The predicted molar refractivity (Wildman–Crippen MR) is 119 cm³/mol. The first-order valence-corrected chi connectivity index (χ1v) is 10.6. The Bertz CT molecular complexity index is 1040. The van der Waals surface area contributed by atoms with Gasteiger partial charge in [0, 0.05) is 29.8 Å². The second-order valence-corrected chi connectivity index (χ2v) is 8.10. The van der Waals surface area contributed by atoms with E-state index in [0.29, 0.717) is 34.6 Å². The minimum Gasteiger partial charge on any atom is -0.495 e. The number of aryl methyl sites for hydroxylation is 1. The van der Waals surface area contributed by atoms with Crippen LogP contribution in [0.25, 0.3) is 11.0 Å². The molecule has 0 aliphatic heterocycles. The summed E-state index contributed by atoms with van der Waals surface area (Å²) >= 11 is 13.6. The van der Waals surface area contributed by atoms with Crippen molar-refractivity contribution in [2.24, 2.45) is 0 Å². The summed E-state index contributed by atoms with van der Waals surface area (Å²) in [5, 5.41) is 4.81. The number of hydrogen-bond donors (Lipinski definition) is 1. The van der Waals surface area contributed by atoms with E-state index in [1.54, 1.807) is 19.2 Å². The molecule has 3 rings (SSSR count). The Morgan fingerprint density at radius 1 is 1.24 bits per heavy atom. The average Bonchev–Trinajstić information content (AvgIpc) is 3.03. The lowest BCUT2D eigenvalue weighted by Crippen LogP contribution is -2.15. The molecular weight excluding hydrogens is 433 g/mol. The highest BCUT2D eigenvalue weighted by Gasteiger charge is 2.15. The Morgan fingerprint density at radius 3 is 2.76 bits per heavy atom. The maximum Gasteiger partial charge on any atom is 0.234 e. The van der Waals surface area contributed by atoms with Crippen LogP contribution >= 0.6 is 35.0 Å². The van der Waals surface area contributed by atoms with Gasteiger partial charge in [0.05, 0.1) is 36.2 Å². The van der Waals surface area contributed by atoms with Crippen LogP contribution in [0.4, 0.5) is 5.69 Å². The van der Waals surface area contributed by atoms with E-state index in [0.717, 1.165) is 21.8 Å². The van der Waals surface area contributed by atoms with Crippen LogP contribution in [0.3, 0.4) is 0 Å². The molecule has 1 heterocycles. The normalized spacial score (nSPS) is 11.1. The number of ether oxygens (including phenoxy) is 2. The highest BCUT2D eigenvalue weighted by Crippen LogP contribution is 2.31. The molecule has 3 aromatic rings. The van der Waals surface area contributed by atoms with Crippen LogP contribution < -0.4 is 10.1 Å². The van der Waals surface area contributed by atoms with Gasteiger partial charge in [-0.1, -0.05) is 35.0 Å². The molecule has 2 aromatic carbocycles. The topological polar surface area (TPSA) is 65.4 Å². The number of carbonyl (C=O) groups is 1. The molecule has 0 aliphatic rings. The number of fused-ring (bicyclic) bond motifs is 1. The molecule has 0 radical (unpaired) electrons. The van der Waals surface area contributed by atoms with Crippen molar-refractivity contribution in [3.8, 4) is 5.75 Å². The molecule has 0 atom stereocenters. The highest BCUT2D eigenvalue weighted by molar-refractivity contribution is 7.99. The number of nitrogens with one attached hydrogen (secondary N) is 1. The van der Waals surface area contributed by atoms with Gasteiger partial charge in [0.25, 0.3) is 0 Å². The Balaban J connectivity index is 1.76. The van der Waals surface area contributed by atoms with Gasteiger partial charge in [-0.05, 0) is 36.8 Å². The SMILES string of the molecule is COCCn1c(SCC(=O)Nc2cc(C)c(Cl)cc2OC)nc2cc(Cl)ccc21. The lowest BCUT2D eigenvalue weighted by Gasteiger charge is -2.12. The average molecular weight is 454 g/mol. The molecule has 0 fully saturated rings. The first-order chi connectivity index (χ1) is 13.9. The number of imidazole rings is 1. The fraction of sp³-hybridized carbons (Fsp3) is 0.300. The fourth-order valence-electron chi connectivity index (χ4n) is 2.84. The number of rotatable bonds is 8. The molecule has 1 amide bonds. The Kier molecular flexibility index (Phi) is 7.29. The van der Waals surface area contributed by atoms with Gasteiger partial charge in [-0.15, -0.1) is 0 Å². The highest BCUT2D eigenvalue weighted by atomic mass is 35.5.